The van der Waals surface area contributed by atoms with Gasteiger partial charge >= 0.3 is 0 Å². The summed E-state index contributed by atoms with van der Waals surface area (Å²) in [5, 5.41) is 14.0. The zero-order chi connectivity index (χ0) is 23.7. The predicted molar refractivity (Wildman–Crippen MR) is 118 cm³/mol. The number of hydrazine groups is 1. The topological polar surface area (TPSA) is 140 Å². The van der Waals surface area contributed by atoms with Crippen molar-refractivity contribution in [3.63, 3.8) is 0 Å². The minimum absolute atomic E-state index is 0.0312. The normalized spacial score (nSPS) is 11.2. The molecule has 32 heavy (non-hydrogen) atoms. The molecular formula is C20H20Cl2N4O6. The molecule has 0 bridgehead atoms. The number of ether oxygens (including phenoxy) is 1. The maximum atomic E-state index is 12.2. The van der Waals surface area contributed by atoms with Crippen molar-refractivity contribution in [2.24, 2.45) is 0 Å². The molecule has 3 amide bonds. The standard InChI is InChI=1S/C20H20Cl2N4O6/c1-12(23-20(29)13-4-2-5-15(10-13)26(30)31)19(28)25-24-18(27)6-3-9-32-17-8-7-14(21)11-16(17)22/h2,4-5,7-8,10-12H,3,6,9H2,1H3,(H,23,29)(H,24,27)(H,25,28). The number of nitrogens with zero attached hydrogens (tertiary/aromatic N) is 1. The molecule has 1 unspecified atom stereocenters. The van der Waals surface area contributed by atoms with E-state index in [4.69, 9.17) is 27.9 Å². The van der Waals surface area contributed by atoms with Crippen molar-refractivity contribution in [2.45, 2.75) is 25.8 Å². The molecule has 0 saturated carbocycles. The van der Waals surface area contributed by atoms with E-state index in [2.05, 4.69) is 16.2 Å². The van der Waals surface area contributed by atoms with Gasteiger partial charge < -0.3 is 10.1 Å². The van der Waals surface area contributed by atoms with Crippen LogP contribution in [0.2, 0.25) is 10.0 Å². The van der Waals surface area contributed by atoms with E-state index in [1.54, 1.807) is 18.2 Å². The summed E-state index contributed by atoms with van der Waals surface area (Å²) in [5.74, 6) is -1.35. The van der Waals surface area contributed by atoms with Crippen LogP contribution in [-0.4, -0.2) is 35.3 Å². The van der Waals surface area contributed by atoms with Crippen molar-refractivity contribution in [1.29, 1.82) is 0 Å². The van der Waals surface area contributed by atoms with Crippen molar-refractivity contribution >= 4 is 46.6 Å². The Labute approximate surface area is 193 Å². The zero-order valence-corrected chi connectivity index (χ0v) is 18.4. The van der Waals surface area contributed by atoms with Crippen LogP contribution >= 0.6 is 23.2 Å². The second-order valence-corrected chi connectivity index (χ2v) is 7.41. The molecule has 10 nitrogen and oxygen atoms in total. The van der Waals surface area contributed by atoms with Gasteiger partial charge in [-0.3, -0.25) is 35.3 Å². The largest absolute Gasteiger partial charge is 0.492 e. The van der Waals surface area contributed by atoms with Crippen LogP contribution in [0.3, 0.4) is 0 Å². The Balaban J connectivity index is 1.70. The molecule has 12 heteroatoms. The third-order valence-electron chi connectivity index (χ3n) is 4.08. The van der Waals surface area contributed by atoms with E-state index >= 15 is 0 Å². The highest BCUT2D eigenvalue weighted by atomic mass is 35.5. The number of rotatable bonds is 9. The van der Waals surface area contributed by atoms with Crippen molar-refractivity contribution in [3.05, 3.63) is 68.2 Å². The number of amides is 3. The van der Waals surface area contributed by atoms with Gasteiger partial charge in [0.25, 0.3) is 17.5 Å². The number of nitro groups is 1. The summed E-state index contributed by atoms with van der Waals surface area (Å²) in [6.45, 7) is 1.62. The molecule has 170 valence electrons. The van der Waals surface area contributed by atoms with Crippen molar-refractivity contribution < 1.29 is 24.0 Å². The van der Waals surface area contributed by atoms with Gasteiger partial charge in [0.1, 0.15) is 11.8 Å². The van der Waals surface area contributed by atoms with Gasteiger partial charge in [-0.2, -0.15) is 0 Å². The average molecular weight is 483 g/mol. The number of nitrogens with one attached hydrogen (secondary N) is 3. The first-order chi connectivity index (χ1) is 15.2. The number of nitro benzene ring substituents is 1. The first kappa shape index (κ1) is 24.9. The van der Waals surface area contributed by atoms with Crippen molar-refractivity contribution in [2.75, 3.05) is 6.61 Å². The molecule has 0 fully saturated rings. The Hall–Kier alpha value is -3.37. The number of carbonyl (C=O) groups excluding carboxylic acids is 3. The Morgan fingerprint density at radius 1 is 1.12 bits per heavy atom. The molecule has 0 aromatic heterocycles. The molecule has 0 aliphatic rings. The second-order valence-electron chi connectivity index (χ2n) is 6.57. The first-order valence-corrected chi connectivity index (χ1v) is 10.1. The fraction of sp³-hybridized carbons (Fsp3) is 0.250. The monoisotopic (exact) mass is 482 g/mol. The molecule has 0 saturated heterocycles. The number of hydrogen-bond acceptors (Lipinski definition) is 6. The minimum Gasteiger partial charge on any atom is -0.492 e. The lowest BCUT2D eigenvalue weighted by Gasteiger charge is -2.15. The molecule has 3 N–H and O–H groups in total. The van der Waals surface area contributed by atoms with Crippen LogP contribution in [-0.2, 0) is 9.59 Å². The Bertz CT molecular complexity index is 1020. The highest BCUT2D eigenvalue weighted by molar-refractivity contribution is 6.35. The smallest absolute Gasteiger partial charge is 0.270 e. The molecule has 2 aromatic carbocycles. The summed E-state index contributed by atoms with van der Waals surface area (Å²) < 4.78 is 5.47. The van der Waals surface area contributed by atoms with Gasteiger partial charge in [-0.15, -0.1) is 0 Å². The summed E-state index contributed by atoms with van der Waals surface area (Å²) in [5.41, 5.74) is 4.23. The first-order valence-electron chi connectivity index (χ1n) is 9.39. The summed E-state index contributed by atoms with van der Waals surface area (Å²) in [4.78, 5) is 46.3. The van der Waals surface area contributed by atoms with Crippen molar-refractivity contribution in [3.8, 4) is 5.75 Å². The summed E-state index contributed by atoms with van der Waals surface area (Å²) in [6.07, 6.45) is 0.430. The van der Waals surface area contributed by atoms with Gasteiger partial charge in [0, 0.05) is 29.1 Å². The number of carbonyl (C=O) groups is 3. The van der Waals surface area contributed by atoms with E-state index in [1.807, 2.05) is 0 Å². The highest BCUT2D eigenvalue weighted by Crippen LogP contribution is 2.27. The molecule has 0 radical (unpaired) electrons. The van der Waals surface area contributed by atoms with E-state index in [-0.39, 0.29) is 24.3 Å². The molecule has 2 rings (SSSR count). The molecular weight excluding hydrogens is 463 g/mol. The predicted octanol–water partition coefficient (Wildman–Crippen LogP) is 3.03. The molecule has 0 aliphatic heterocycles. The van der Waals surface area contributed by atoms with E-state index in [1.165, 1.54) is 25.1 Å². The lowest BCUT2D eigenvalue weighted by Crippen LogP contribution is -2.51. The van der Waals surface area contributed by atoms with E-state index < -0.39 is 28.7 Å². The molecule has 0 aliphatic carbocycles. The van der Waals surface area contributed by atoms with Crippen molar-refractivity contribution in [1.82, 2.24) is 16.2 Å². The number of non-ortho nitro benzene ring substituents is 1. The fourth-order valence-corrected chi connectivity index (χ4v) is 2.88. The van der Waals surface area contributed by atoms with Gasteiger partial charge in [-0.1, -0.05) is 29.3 Å². The summed E-state index contributed by atoms with van der Waals surface area (Å²) >= 11 is 11.8. The Kier molecular flexibility index (Phi) is 9.23. The maximum Gasteiger partial charge on any atom is 0.270 e. The molecule has 2 aromatic rings. The van der Waals surface area contributed by atoms with Crippen LogP contribution < -0.4 is 20.9 Å². The number of halogens is 2. The zero-order valence-electron chi connectivity index (χ0n) is 16.9. The third kappa shape index (κ3) is 7.71. The van der Waals surface area contributed by atoms with E-state index in [9.17, 15) is 24.5 Å². The summed E-state index contributed by atoms with van der Waals surface area (Å²) in [7, 11) is 0. The van der Waals surface area contributed by atoms with Crippen LogP contribution in [0.15, 0.2) is 42.5 Å². The van der Waals surface area contributed by atoms with Crippen LogP contribution in [0.1, 0.15) is 30.1 Å². The van der Waals surface area contributed by atoms with Crippen LogP contribution in [0, 0.1) is 10.1 Å². The van der Waals surface area contributed by atoms with Gasteiger partial charge in [0.05, 0.1) is 16.6 Å². The number of hydrogen-bond donors (Lipinski definition) is 3. The van der Waals surface area contributed by atoms with Gasteiger partial charge in [0.2, 0.25) is 5.91 Å². The highest BCUT2D eigenvalue weighted by Gasteiger charge is 2.18. The van der Waals surface area contributed by atoms with Gasteiger partial charge in [-0.25, -0.2) is 0 Å². The van der Waals surface area contributed by atoms with E-state index in [0.717, 1.165) is 6.07 Å². The molecule has 0 spiro atoms. The SMILES string of the molecule is CC(NC(=O)c1cccc([N+](=O)[O-])c1)C(=O)NNC(=O)CCCOc1ccc(Cl)cc1Cl. The quantitative estimate of drug-likeness (QED) is 0.285. The second kappa shape index (κ2) is 11.9. The summed E-state index contributed by atoms with van der Waals surface area (Å²) in [6, 6.07) is 8.88. The lowest BCUT2D eigenvalue weighted by atomic mass is 10.2. The molecule has 0 heterocycles. The Morgan fingerprint density at radius 2 is 1.88 bits per heavy atom. The van der Waals surface area contributed by atoms with Crippen LogP contribution in [0.25, 0.3) is 0 Å². The van der Waals surface area contributed by atoms with Crippen LogP contribution in [0.5, 0.6) is 5.75 Å². The number of benzene rings is 2. The minimum atomic E-state index is -1.00. The Morgan fingerprint density at radius 3 is 2.56 bits per heavy atom. The van der Waals surface area contributed by atoms with E-state index in [0.29, 0.717) is 22.2 Å². The van der Waals surface area contributed by atoms with Gasteiger partial charge in [0.15, 0.2) is 0 Å². The lowest BCUT2D eigenvalue weighted by molar-refractivity contribution is -0.384. The average Bonchev–Trinajstić information content (AvgIpc) is 2.76. The van der Waals surface area contributed by atoms with Gasteiger partial charge in [-0.05, 0) is 37.6 Å². The third-order valence-corrected chi connectivity index (χ3v) is 4.62. The molecule has 1 atom stereocenters. The maximum absolute atomic E-state index is 12.2. The fourth-order valence-electron chi connectivity index (χ4n) is 2.42. The van der Waals surface area contributed by atoms with Crippen LogP contribution in [0.4, 0.5) is 5.69 Å².